The van der Waals surface area contributed by atoms with Crippen LogP contribution in [0.3, 0.4) is 0 Å². The molecule has 1 aromatic carbocycles. The first kappa shape index (κ1) is 18.5. The maximum Gasteiger partial charge on any atom is 0.191 e. The number of thioether (sulfide) groups is 1. The summed E-state index contributed by atoms with van der Waals surface area (Å²) in [6.07, 6.45) is 0. The number of hydrogen-bond donors (Lipinski definition) is 1. The molecular weight excluding hydrogens is 330 g/mol. The molecule has 2 aliphatic heterocycles. The molecule has 2 fully saturated rings. The van der Waals surface area contributed by atoms with Crippen LogP contribution in [0.1, 0.15) is 18.1 Å². The van der Waals surface area contributed by atoms with Crippen LogP contribution in [0.4, 0.5) is 0 Å². The van der Waals surface area contributed by atoms with Crippen LogP contribution in [0, 0.1) is 0 Å². The lowest BCUT2D eigenvalue weighted by Gasteiger charge is -2.34. The summed E-state index contributed by atoms with van der Waals surface area (Å²) in [5.74, 6) is 3.00. The molecule has 0 spiro atoms. The minimum Gasteiger partial charge on any atom is -0.370 e. The van der Waals surface area contributed by atoms with E-state index < -0.39 is 0 Å². The minimum atomic E-state index is 0.681. The normalized spacial score (nSPS) is 20.8. The zero-order valence-corrected chi connectivity index (χ0v) is 16.2. The Balaban J connectivity index is 1.59. The van der Waals surface area contributed by atoms with Crippen molar-refractivity contribution in [2.45, 2.75) is 20.0 Å². The van der Waals surface area contributed by atoms with Crippen molar-refractivity contribution in [1.82, 2.24) is 14.7 Å². The molecule has 25 heavy (non-hydrogen) atoms. The summed E-state index contributed by atoms with van der Waals surface area (Å²) in [7, 11) is 0. The highest BCUT2D eigenvalue weighted by Crippen LogP contribution is 2.15. The van der Waals surface area contributed by atoms with Crippen LogP contribution in [0.25, 0.3) is 0 Å². The van der Waals surface area contributed by atoms with E-state index in [2.05, 4.69) is 50.9 Å². The summed E-state index contributed by atoms with van der Waals surface area (Å²) in [6.45, 7) is 11.8. The van der Waals surface area contributed by atoms with Gasteiger partial charge in [-0.1, -0.05) is 31.2 Å². The topological polar surface area (TPSA) is 48.1 Å². The zero-order chi connectivity index (χ0) is 17.5. The van der Waals surface area contributed by atoms with Gasteiger partial charge >= 0.3 is 0 Å². The van der Waals surface area contributed by atoms with E-state index in [4.69, 9.17) is 5.73 Å². The number of nitrogens with zero attached hydrogens (tertiary/aromatic N) is 4. The molecule has 0 aromatic heterocycles. The Morgan fingerprint density at radius 3 is 2.32 bits per heavy atom. The van der Waals surface area contributed by atoms with Gasteiger partial charge in [0.2, 0.25) is 0 Å². The van der Waals surface area contributed by atoms with Crippen molar-refractivity contribution in [3.05, 3.63) is 35.4 Å². The molecule has 0 aliphatic carbocycles. The number of likely N-dealkylation sites (N-methyl/N-ethyl adjacent to an activating group) is 1. The lowest BCUT2D eigenvalue weighted by atomic mass is 10.1. The van der Waals surface area contributed by atoms with Crippen molar-refractivity contribution in [2.24, 2.45) is 10.7 Å². The molecule has 2 heterocycles. The standard InChI is InChI=1S/C19H31N5S/c1-2-22-7-9-23(10-8-22)16-18-6-4-3-5-17(18)15-21-19(20)24-11-13-25-14-12-24/h3-6H,2,7-16H2,1H3,(H2,20,21). The van der Waals surface area contributed by atoms with Crippen molar-refractivity contribution in [2.75, 3.05) is 57.3 Å². The van der Waals surface area contributed by atoms with Crippen LogP contribution >= 0.6 is 11.8 Å². The molecule has 3 rings (SSSR count). The van der Waals surface area contributed by atoms with Crippen LogP contribution in [0.2, 0.25) is 0 Å². The van der Waals surface area contributed by atoms with Crippen LogP contribution in [0.15, 0.2) is 29.3 Å². The van der Waals surface area contributed by atoms with E-state index >= 15 is 0 Å². The molecule has 2 saturated heterocycles. The van der Waals surface area contributed by atoms with Gasteiger partial charge in [-0.3, -0.25) is 4.90 Å². The zero-order valence-electron chi connectivity index (χ0n) is 15.4. The van der Waals surface area contributed by atoms with Crippen molar-refractivity contribution in [1.29, 1.82) is 0 Å². The van der Waals surface area contributed by atoms with E-state index in [0.717, 1.165) is 50.8 Å². The molecule has 0 unspecified atom stereocenters. The Hall–Kier alpha value is -1.24. The maximum atomic E-state index is 6.21. The fourth-order valence-electron chi connectivity index (χ4n) is 3.43. The van der Waals surface area contributed by atoms with E-state index in [0.29, 0.717) is 12.5 Å². The Bertz CT molecular complexity index is 563. The first-order valence-corrected chi connectivity index (χ1v) is 10.6. The smallest absolute Gasteiger partial charge is 0.191 e. The van der Waals surface area contributed by atoms with Gasteiger partial charge in [0.1, 0.15) is 0 Å². The molecule has 1 aromatic rings. The van der Waals surface area contributed by atoms with Crippen LogP contribution < -0.4 is 5.73 Å². The molecular formula is C19H31N5S. The van der Waals surface area contributed by atoms with Crippen LogP contribution in [-0.2, 0) is 13.1 Å². The molecule has 2 aliphatic rings. The molecule has 2 N–H and O–H groups in total. The van der Waals surface area contributed by atoms with E-state index in [-0.39, 0.29) is 0 Å². The molecule has 5 nitrogen and oxygen atoms in total. The van der Waals surface area contributed by atoms with E-state index in [9.17, 15) is 0 Å². The molecule has 0 atom stereocenters. The van der Waals surface area contributed by atoms with Gasteiger partial charge in [-0.15, -0.1) is 0 Å². The largest absolute Gasteiger partial charge is 0.370 e. The van der Waals surface area contributed by atoms with E-state index in [1.54, 1.807) is 0 Å². The summed E-state index contributed by atoms with van der Waals surface area (Å²) < 4.78 is 0. The highest BCUT2D eigenvalue weighted by molar-refractivity contribution is 7.99. The molecule has 138 valence electrons. The summed E-state index contributed by atoms with van der Waals surface area (Å²) in [4.78, 5) is 12.0. The van der Waals surface area contributed by atoms with Crippen molar-refractivity contribution < 1.29 is 0 Å². The van der Waals surface area contributed by atoms with Crippen molar-refractivity contribution >= 4 is 17.7 Å². The van der Waals surface area contributed by atoms with Crippen molar-refractivity contribution in [3.63, 3.8) is 0 Å². The predicted octanol–water partition coefficient (Wildman–Crippen LogP) is 1.69. The lowest BCUT2D eigenvalue weighted by molar-refractivity contribution is 0.131. The summed E-state index contributed by atoms with van der Waals surface area (Å²) in [5.41, 5.74) is 8.90. The second-order valence-corrected chi connectivity index (χ2v) is 7.98. The third-order valence-corrected chi connectivity index (χ3v) is 6.11. The lowest BCUT2D eigenvalue weighted by Crippen LogP contribution is -2.45. The summed E-state index contributed by atoms with van der Waals surface area (Å²) in [6, 6.07) is 8.68. The number of guanidine groups is 1. The first-order valence-electron chi connectivity index (χ1n) is 9.40. The van der Waals surface area contributed by atoms with Crippen LogP contribution in [-0.4, -0.2) is 78.0 Å². The second kappa shape index (κ2) is 9.46. The van der Waals surface area contributed by atoms with Crippen molar-refractivity contribution in [3.8, 4) is 0 Å². The molecule has 6 heteroatoms. The fraction of sp³-hybridized carbons (Fsp3) is 0.632. The number of hydrogen-bond acceptors (Lipinski definition) is 4. The Morgan fingerprint density at radius 2 is 1.64 bits per heavy atom. The van der Waals surface area contributed by atoms with Gasteiger partial charge in [0.05, 0.1) is 6.54 Å². The Kier molecular flexibility index (Phi) is 7.02. The monoisotopic (exact) mass is 361 g/mol. The molecule has 0 amide bonds. The highest BCUT2D eigenvalue weighted by atomic mass is 32.2. The fourth-order valence-corrected chi connectivity index (χ4v) is 4.33. The van der Waals surface area contributed by atoms with Gasteiger partial charge < -0.3 is 15.5 Å². The summed E-state index contributed by atoms with van der Waals surface area (Å²) >= 11 is 1.99. The van der Waals surface area contributed by atoms with Crippen LogP contribution in [0.5, 0.6) is 0 Å². The maximum absolute atomic E-state index is 6.21. The average Bonchev–Trinajstić information content (AvgIpc) is 2.68. The SMILES string of the molecule is CCN1CCN(Cc2ccccc2CN=C(N)N2CCSCC2)CC1. The minimum absolute atomic E-state index is 0.681. The third kappa shape index (κ3) is 5.36. The number of benzene rings is 1. The molecule has 0 radical (unpaired) electrons. The Morgan fingerprint density at radius 1 is 1.00 bits per heavy atom. The quantitative estimate of drug-likeness (QED) is 0.639. The number of piperazine rings is 1. The average molecular weight is 362 g/mol. The van der Waals surface area contributed by atoms with E-state index in [1.807, 2.05) is 11.8 Å². The highest BCUT2D eigenvalue weighted by Gasteiger charge is 2.17. The number of rotatable bonds is 5. The van der Waals surface area contributed by atoms with Gasteiger partial charge in [-0.25, -0.2) is 4.99 Å². The van der Waals surface area contributed by atoms with Gasteiger partial charge in [0, 0.05) is 57.3 Å². The summed E-state index contributed by atoms with van der Waals surface area (Å²) in [5, 5.41) is 0. The molecule has 0 saturated carbocycles. The third-order valence-electron chi connectivity index (χ3n) is 5.17. The van der Waals surface area contributed by atoms with Gasteiger partial charge in [0.15, 0.2) is 5.96 Å². The van der Waals surface area contributed by atoms with Gasteiger partial charge in [0.25, 0.3) is 0 Å². The molecule has 0 bridgehead atoms. The first-order chi connectivity index (χ1) is 12.3. The van der Waals surface area contributed by atoms with Gasteiger partial charge in [-0.2, -0.15) is 11.8 Å². The Labute approximate surface area is 156 Å². The van der Waals surface area contributed by atoms with E-state index in [1.165, 1.54) is 24.2 Å². The number of aliphatic imine (C=N–C) groups is 1. The number of nitrogens with two attached hydrogens (primary N) is 1. The predicted molar refractivity (Wildman–Crippen MR) is 108 cm³/mol. The van der Waals surface area contributed by atoms with Gasteiger partial charge in [-0.05, 0) is 17.7 Å². The second-order valence-electron chi connectivity index (χ2n) is 6.75.